The monoisotopic (exact) mass is 172 g/mol. The van der Waals surface area contributed by atoms with Gasteiger partial charge in [-0.2, -0.15) is 0 Å². The van der Waals surface area contributed by atoms with Crippen LogP contribution in [0.5, 0.6) is 0 Å². The van der Waals surface area contributed by atoms with Gasteiger partial charge in [0.05, 0.1) is 0 Å². The predicted octanol–water partition coefficient (Wildman–Crippen LogP) is -0.961. The molecule has 0 aromatic heterocycles. The third kappa shape index (κ3) is 3.90. The van der Waals surface area contributed by atoms with Crippen molar-refractivity contribution in [3.63, 3.8) is 0 Å². The smallest absolute Gasteiger partial charge is 0.326 e. The van der Waals surface area contributed by atoms with Crippen molar-refractivity contribution < 1.29 is 34.4 Å². The van der Waals surface area contributed by atoms with E-state index in [9.17, 15) is 4.79 Å². The molecule has 0 unspecified atom stereocenters. The number of carbonyl (C=O) groups is 1. The molecule has 1 aromatic rings. The Morgan fingerprint density at radius 2 is 1.92 bits per heavy atom. The van der Waals surface area contributed by atoms with Crippen LogP contribution in [-0.2, 0) is 4.79 Å². The van der Waals surface area contributed by atoms with Crippen molar-refractivity contribution in [2.24, 2.45) is 0 Å². The number of anilines is 1. The van der Waals surface area contributed by atoms with Gasteiger partial charge in [0.1, 0.15) is 0 Å². The van der Waals surface area contributed by atoms with Crippen LogP contribution in [0, 0.1) is 0 Å². The van der Waals surface area contributed by atoms with Gasteiger partial charge in [0, 0.05) is 12.1 Å². The summed E-state index contributed by atoms with van der Waals surface area (Å²) in [6.45, 7) is 1.83. The van der Waals surface area contributed by atoms with Crippen molar-refractivity contribution in [1.29, 1.82) is 0 Å². The molecule has 3 heteroatoms. The summed E-state index contributed by atoms with van der Waals surface area (Å²) in [5, 5.41) is 2.75. The molecule has 1 amide bonds. The normalized spacial score (nSPS) is 8.42. The van der Waals surface area contributed by atoms with Crippen molar-refractivity contribution >= 4 is 11.6 Å². The predicted molar refractivity (Wildman–Crippen MR) is 45.4 cm³/mol. The first-order chi connectivity index (χ1) is 5.33. The van der Waals surface area contributed by atoms with E-state index in [2.05, 4.69) is 5.32 Å². The molecule has 2 nitrogen and oxygen atoms in total. The first-order valence-electron chi connectivity index (χ1n) is 3.68. The fraction of sp³-hybridized carbons (Fsp3) is 0.222. The molecule has 0 bridgehead atoms. The SMILES string of the molecule is CCC(=O)Nc1ccccc1.[Na+]. The van der Waals surface area contributed by atoms with Crippen LogP contribution >= 0.6 is 0 Å². The Morgan fingerprint density at radius 3 is 2.42 bits per heavy atom. The van der Waals surface area contributed by atoms with E-state index >= 15 is 0 Å². The van der Waals surface area contributed by atoms with Crippen LogP contribution in [0.4, 0.5) is 5.69 Å². The Kier molecular flexibility index (Phi) is 6.07. The van der Waals surface area contributed by atoms with Crippen LogP contribution in [0.2, 0.25) is 0 Å². The Morgan fingerprint density at radius 1 is 1.33 bits per heavy atom. The van der Waals surface area contributed by atoms with E-state index in [1.165, 1.54) is 0 Å². The maximum Gasteiger partial charge on any atom is 1.00 e. The fourth-order valence-electron chi connectivity index (χ4n) is 0.771. The van der Waals surface area contributed by atoms with E-state index in [1.807, 2.05) is 37.3 Å². The third-order valence-electron chi connectivity index (χ3n) is 1.38. The van der Waals surface area contributed by atoms with Gasteiger partial charge in [0.2, 0.25) is 5.91 Å². The van der Waals surface area contributed by atoms with Gasteiger partial charge in [-0.05, 0) is 12.1 Å². The van der Waals surface area contributed by atoms with E-state index in [0.717, 1.165) is 5.69 Å². The number of hydrogen-bond acceptors (Lipinski definition) is 1. The van der Waals surface area contributed by atoms with Gasteiger partial charge in [-0.15, -0.1) is 0 Å². The molecule has 0 aliphatic rings. The maximum atomic E-state index is 10.9. The van der Waals surface area contributed by atoms with Crippen LogP contribution in [0.15, 0.2) is 30.3 Å². The largest absolute Gasteiger partial charge is 1.00 e. The average molecular weight is 172 g/mol. The van der Waals surface area contributed by atoms with E-state index in [0.29, 0.717) is 6.42 Å². The molecule has 12 heavy (non-hydrogen) atoms. The summed E-state index contributed by atoms with van der Waals surface area (Å²) in [4.78, 5) is 10.9. The quantitative estimate of drug-likeness (QED) is 0.572. The van der Waals surface area contributed by atoms with Crippen LogP contribution in [0.1, 0.15) is 13.3 Å². The minimum absolute atomic E-state index is 0. The summed E-state index contributed by atoms with van der Waals surface area (Å²) in [6.07, 6.45) is 0.523. The van der Waals surface area contributed by atoms with Crippen molar-refractivity contribution in [3.8, 4) is 0 Å². The number of benzene rings is 1. The Balaban J connectivity index is 0.00000121. The number of rotatable bonds is 2. The van der Waals surface area contributed by atoms with Gasteiger partial charge in [0.15, 0.2) is 0 Å². The van der Waals surface area contributed by atoms with Gasteiger partial charge >= 0.3 is 29.6 Å². The number of nitrogens with one attached hydrogen (secondary N) is 1. The first-order valence-corrected chi connectivity index (χ1v) is 3.68. The molecule has 0 radical (unpaired) electrons. The topological polar surface area (TPSA) is 29.1 Å². The molecule has 1 rings (SSSR count). The number of amides is 1. The second kappa shape index (κ2) is 6.23. The zero-order valence-electron chi connectivity index (χ0n) is 7.50. The summed E-state index contributed by atoms with van der Waals surface area (Å²) in [6, 6.07) is 9.44. The van der Waals surface area contributed by atoms with Crippen molar-refractivity contribution in [1.82, 2.24) is 0 Å². The Labute approximate surface area is 94.7 Å². The van der Waals surface area contributed by atoms with Crippen LogP contribution in [0.3, 0.4) is 0 Å². The van der Waals surface area contributed by atoms with E-state index in [1.54, 1.807) is 0 Å². The number of hydrogen-bond donors (Lipinski definition) is 1. The Bertz CT molecular complexity index is 236. The summed E-state index contributed by atoms with van der Waals surface area (Å²) < 4.78 is 0. The molecule has 0 heterocycles. The molecule has 0 aliphatic heterocycles. The van der Waals surface area contributed by atoms with Crippen LogP contribution in [0.25, 0.3) is 0 Å². The standard InChI is InChI=1S/C9H11NO.Na/c1-2-9(11)10-8-6-4-3-5-7-8;/h3-7H,2H2,1H3,(H,10,11);/q;+1. The van der Waals surface area contributed by atoms with Crippen LogP contribution in [-0.4, -0.2) is 5.91 Å². The summed E-state index contributed by atoms with van der Waals surface area (Å²) in [5.74, 6) is 0.0520. The third-order valence-corrected chi connectivity index (χ3v) is 1.38. The minimum atomic E-state index is 0. The number of para-hydroxylation sites is 1. The molecule has 58 valence electrons. The zero-order chi connectivity index (χ0) is 8.10. The molecule has 0 saturated heterocycles. The van der Waals surface area contributed by atoms with Gasteiger partial charge in [-0.25, -0.2) is 0 Å². The van der Waals surface area contributed by atoms with Gasteiger partial charge in [-0.1, -0.05) is 25.1 Å². The Hall–Kier alpha value is -0.310. The molecule has 1 aromatic carbocycles. The molecular formula is C9H11NNaO+. The summed E-state index contributed by atoms with van der Waals surface area (Å²) in [7, 11) is 0. The maximum absolute atomic E-state index is 10.9. The van der Waals surface area contributed by atoms with Crippen LogP contribution < -0.4 is 34.9 Å². The molecule has 1 N–H and O–H groups in total. The minimum Gasteiger partial charge on any atom is -0.326 e. The van der Waals surface area contributed by atoms with Gasteiger partial charge < -0.3 is 5.32 Å². The van der Waals surface area contributed by atoms with Crippen molar-refractivity contribution in [2.45, 2.75) is 13.3 Å². The van der Waals surface area contributed by atoms with Gasteiger partial charge in [0.25, 0.3) is 0 Å². The van der Waals surface area contributed by atoms with E-state index < -0.39 is 0 Å². The van der Waals surface area contributed by atoms with Crippen molar-refractivity contribution in [3.05, 3.63) is 30.3 Å². The average Bonchev–Trinajstić information content (AvgIpc) is 2.06. The van der Waals surface area contributed by atoms with Gasteiger partial charge in [-0.3, -0.25) is 4.79 Å². The van der Waals surface area contributed by atoms with E-state index in [4.69, 9.17) is 0 Å². The summed E-state index contributed by atoms with van der Waals surface area (Å²) >= 11 is 0. The summed E-state index contributed by atoms with van der Waals surface area (Å²) in [5.41, 5.74) is 0.861. The second-order valence-electron chi connectivity index (χ2n) is 2.27. The van der Waals surface area contributed by atoms with E-state index in [-0.39, 0.29) is 35.5 Å². The molecule has 0 saturated carbocycles. The molecule has 0 atom stereocenters. The fourth-order valence-corrected chi connectivity index (χ4v) is 0.771. The second-order valence-corrected chi connectivity index (χ2v) is 2.27. The molecule has 0 aliphatic carbocycles. The zero-order valence-corrected chi connectivity index (χ0v) is 9.50. The van der Waals surface area contributed by atoms with Crippen molar-refractivity contribution in [2.75, 3.05) is 5.32 Å². The molecule has 0 fully saturated rings. The first kappa shape index (κ1) is 11.7. The number of carbonyl (C=O) groups excluding carboxylic acids is 1. The molecule has 0 spiro atoms. The molecular weight excluding hydrogens is 161 g/mol.